The molecular formula is C10H15BrN4O. The number of hydrogen-bond donors (Lipinski definition) is 0. The number of carbonyl (C=O) groups excluding carboxylic acids is 1. The van der Waals surface area contributed by atoms with Gasteiger partial charge in [-0.15, -0.1) is 5.10 Å². The van der Waals surface area contributed by atoms with E-state index in [-0.39, 0.29) is 5.91 Å². The number of halogens is 1. The predicted molar refractivity (Wildman–Crippen MR) is 64.6 cm³/mol. The van der Waals surface area contributed by atoms with Gasteiger partial charge in [0.1, 0.15) is 5.82 Å². The molecule has 1 aliphatic rings. The van der Waals surface area contributed by atoms with E-state index in [9.17, 15) is 4.79 Å². The van der Waals surface area contributed by atoms with Crippen molar-refractivity contribution < 1.29 is 4.79 Å². The molecule has 88 valence electrons. The highest BCUT2D eigenvalue weighted by Crippen LogP contribution is 2.23. The fraction of sp³-hybridized carbons (Fsp3) is 0.700. The molecule has 1 atom stereocenters. The minimum absolute atomic E-state index is 0.123. The maximum absolute atomic E-state index is 11.8. The number of nitrogens with zero attached hydrogens (tertiary/aromatic N) is 4. The summed E-state index contributed by atoms with van der Waals surface area (Å²) in [5.74, 6) is 1.96. The van der Waals surface area contributed by atoms with Crippen molar-refractivity contribution in [3.8, 4) is 0 Å². The van der Waals surface area contributed by atoms with E-state index in [4.69, 9.17) is 0 Å². The van der Waals surface area contributed by atoms with Crippen LogP contribution < -0.4 is 4.90 Å². The molecule has 0 spiro atoms. The topological polar surface area (TPSA) is 51.0 Å². The van der Waals surface area contributed by atoms with Crippen LogP contribution in [0.1, 0.15) is 19.2 Å². The van der Waals surface area contributed by atoms with Gasteiger partial charge in [-0.3, -0.25) is 14.4 Å². The normalized spacial score (nSPS) is 20.8. The van der Waals surface area contributed by atoms with Gasteiger partial charge in [-0.2, -0.15) is 4.98 Å². The van der Waals surface area contributed by atoms with E-state index < -0.39 is 0 Å². The van der Waals surface area contributed by atoms with Crippen LogP contribution in [0.25, 0.3) is 0 Å². The highest BCUT2D eigenvalue weighted by atomic mass is 79.9. The monoisotopic (exact) mass is 286 g/mol. The van der Waals surface area contributed by atoms with Crippen LogP contribution in [0.15, 0.2) is 0 Å². The van der Waals surface area contributed by atoms with Crippen molar-refractivity contribution in [3.63, 3.8) is 0 Å². The Morgan fingerprint density at radius 1 is 1.56 bits per heavy atom. The molecule has 6 heteroatoms. The summed E-state index contributed by atoms with van der Waals surface area (Å²) in [5, 5.41) is 5.13. The van der Waals surface area contributed by atoms with Crippen LogP contribution in [0.4, 0.5) is 5.95 Å². The van der Waals surface area contributed by atoms with Crippen molar-refractivity contribution in [2.75, 3.05) is 16.8 Å². The van der Waals surface area contributed by atoms with Crippen molar-refractivity contribution in [3.05, 3.63) is 5.82 Å². The van der Waals surface area contributed by atoms with Crippen molar-refractivity contribution >= 4 is 27.8 Å². The van der Waals surface area contributed by atoms with E-state index in [2.05, 4.69) is 26.0 Å². The summed E-state index contributed by atoms with van der Waals surface area (Å²) >= 11 is 3.41. The molecule has 0 bridgehead atoms. The van der Waals surface area contributed by atoms with Crippen LogP contribution in [-0.2, 0) is 18.3 Å². The molecule has 5 nitrogen and oxygen atoms in total. The van der Waals surface area contributed by atoms with Crippen molar-refractivity contribution in [1.82, 2.24) is 14.8 Å². The SMILES string of the molecule is CCc1nc(N2CC(CBr)CC2=O)nn1C. The molecule has 1 aromatic heterocycles. The predicted octanol–water partition coefficient (Wildman–Crippen LogP) is 1.13. The molecule has 1 amide bonds. The molecule has 2 heterocycles. The fourth-order valence-electron chi connectivity index (χ4n) is 1.90. The molecule has 0 aliphatic carbocycles. The molecule has 1 saturated heterocycles. The van der Waals surface area contributed by atoms with Gasteiger partial charge in [-0.25, -0.2) is 0 Å². The largest absolute Gasteiger partial charge is 0.279 e. The number of rotatable bonds is 3. The molecule has 0 aromatic carbocycles. The van der Waals surface area contributed by atoms with Gasteiger partial charge in [0.05, 0.1) is 0 Å². The van der Waals surface area contributed by atoms with Gasteiger partial charge in [0.25, 0.3) is 5.95 Å². The molecule has 0 N–H and O–H groups in total. The van der Waals surface area contributed by atoms with Crippen molar-refractivity contribution in [1.29, 1.82) is 0 Å². The second-order valence-electron chi connectivity index (χ2n) is 4.03. The fourth-order valence-corrected chi connectivity index (χ4v) is 2.34. The van der Waals surface area contributed by atoms with Crippen molar-refractivity contribution in [2.24, 2.45) is 13.0 Å². The Morgan fingerprint density at radius 2 is 2.31 bits per heavy atom. The number of aromatic nitrogens is 3. The number of amides is 1. The number of hydrogen-bond acceptors (Lipinski definition) is 3. The summed E-state index contributed by atoms with van der Waals surface area (Å²) in [6.45, 7) is 2.75. The molecule has 2 rings (SSSR count). The van der Waals surface area contributed by atoms with Gasteiger partial charge in [-0.1, -0.05) is 22.9 Å². The molecule has 1 fully saturated rings. The zero-order valence-electron chi connectivity index (χ0n) is 9.48. The minimum atomic E-state index is 0.123. The Balaban J connectivity index is 2.21. The molecular weight excluding hydrogens is 272 g/mol. The molecule has 1 aliphatic heterocycles. The third-order valence-corrected chi connectivity index (χ3v) is 3.74. The van der Waals surface area contributed by atoms with Crippen LogP contribution >= 0.6 is 15.9 Å². The zero-order valence-corrected chi connectivity index (χ0v) is 11.1. The Bertz CT molecular complexity index is 404. The van der Waals surface area contributed by atoms with Gasteiger partial charge in [0.15, 0.2) is 0 Å². The molecule has 16 heavy (non-hydrogen) atoms. The smallest absolute Gasteiger partial charge is 0.251 e. The summed E-state index contributed by atoms with van der Waals surface area (Å²) in [6, 6.07) is 0. The lowest BCUT2D eigenvalue weighted by Gasteiger charge is -2.10. The summed E-state index contributed by atoms with van der Waals surface area (Å²) in [4.78, 5) is 17.8. The Kier molecular flexibility index (Phi) is 3.28. The van der Waals surface area contributed by atoms with E-state index in [1.807, 2.05) is 14.0 Å². The lowest BCUT2D eigenvalue weighted by atomic mass is 10.2. The average molecular weight is 287 g/mol. The Morgan fingerprint density at radius 3 is 2.81 bits per heavy atom. The van der Waals surface area contributed by atoms with Crippen molar-refractivity contribution in [2.45, 2.75) is 19.8 Å². The minimum Gasteiger partial charge on any atom is -0.279 e. The van der Waals surface area contributed by atoms with Crippen LogP contribution in [0, 0.1) is 5.92 Å². The first kappa shape index (κ1) is 11.6. The van der Waals surface area contributed by atoms with Gasteiger partial charge < -0.3 is 0 Å². The third-order valence-electron chi connectivity index (χ3n) is 2.82. The standard InChI is InChI=1S/C10H15BrN4O/c1-3-8-12-10(13-14(8)2)15-6-7(5-11)4-9(15)16/h7H,3-6H2,1-2H3. The first-order valence-corrected chi connectivity index (χ1v) is 6.54. The molecule has 0 saturated carbocycles. The first-order chi connectivity index (χ1) is 7.65. The second-order valence-corrected chi connectivity index (χ2v) is 4.68. The second kappa shape index (κ2) is 4.53. The van der Waals surface area contributed by atoms with E-state index in [1.54, 1.807) is 9.58 Å². The maximum Gasteiger partial charge on any atom is 0.251 e. The van der Waals surface area contributed by atoms with Gasteiger partial charge in [-0.05, 0) is 5.92 Å². The van der Waals surface area contributed by atoms with Gasteiger partial charge in [0, 0.05) is 31.8 Å². The zero-order chi connectivity index (χ0) is 11.7. The summed E-state index contributed by atoms with van der Waals surface area (Å²) in [5.41, 5.74) is 0. The van der Waals surface area contributed by atoms with E-state index in [0.717, 1.165) is 24.1 Å². The lowest BCUT2D eigenvalue weighted by Crippen LogP contribution is -2.26. The number of aryl methyl sites for hydroxylation is 2. The number of carbonyl (C=O) groups is 1. The highest BCUT2D eigenvalue weighted by molar-refractivity contribution is 9.09. The average Bonchev–Trinajstić information content (AvgIpc) is 2.81. The summed E-state index contributed by atoms with van der Waals surface area (Å²) in [6.07, 6.45) is 1.42. The van der Waals surface area contributed by atoms with Crippen LogP contribution in [0.3, 0.4) is 0 Å². The Labute approximate surface area is 103 Å². The summed E-state index contributed by atoms with van der Waals surface area (Å²) in [7, 11) is 1.86. The molecule has 1 aromatic rings. The maximum atomic E-state index is 11.8. The lowest BCUT2D eigenvalue weighted by molar-refractivity contribution is -0.117. The number of anilines is 1. The highest BCUT2D eigenvalue weighted by Gasteiger charge is 2.32. The van der Waals surface area contributed by atoms with Crippen LogP contribution in [-0.4, -0.2) is 32.5 Å². The van der Waals surface area contributed by atoms with Crippen LogP contribution in [0.2, 0.25) is 0 Å². The Hall–Kier alpha value is -0.910. The quantitative estimate of drug-likeness (QED) is 0.783. The summed E-state index contributed by atoms with van der Waals surface area (Å²) < 4.78 is 1.74. The molecule has 1 unspecified atom stereocenters. The van der Waals surface area contributed by atoms with Gasteiger partial charge >= 0.3 is 0 Å². The molecule has 0 radical (unpaired) electrons. The van der Waals surface area contributed by atoms with E-state index in [1.165, 1.54) is 0 Å². The van der Waals surface area contributed by atoms with Crippen LogP contribution in [0.5, 0.6) is 0 Å². The van der Waals surface area contributed by atoms with Gasteiger partial charge in [0.2, 0.25) is 5.91 Å². The van der Waals surface area contributed by atoms with E-state index in [0.29, 0.717) is 18.3 Å². The first-order valence-electron chi connectivity index (χ1n) is 5.42. The van der Waals surface area contributed by atoms with E-state index >= 15 is 0 Å². The third kappa shape index (κ3) is 1.98. The number of alkyl halides is 1.